The van der Waals surface area contributed by atoms with Gasteiger partial charge in [0.15, 0.2) is 0 Å². The molecule has 54 valence electrons. The van der Waals surface area contributed by atoms with E-state index in [1.54, 1.807) is 0 Å². The molecule has 0 N–H and O–H groups in total. The van der Waals surface area contributed by atoms with E-state index in [1.807, 2.05) is 0 Å². The van der Waals surface area contributed by atoms with Crippen LogP contribution >= 0.6 is 11.6 Å². The predicted molar refractivity (Wildman–Crippen MR) is 36.1 cm³/mol. The van der Waals surface area contributed by atoms with Crippen molar-refractivity contribution in [2.24, 2.45) is 0 Å². The fraction of sp³-hybridized carbons (Fsp3) is 0.143. The summed E-state index contributed by atoms with van der Waals surface area (Å²) in [6.07, 6.45) is 0. The molecule has 0 amide bonds. The highest BCUT2D eigenvalue weighted by Crippen LogP contribution is 2.17. The van der Waals surface area contributed by atoms with Crippen LogP contribution in [-0.2, 0) is 0 Å². The van der Waals surface area contributed by atoms with E-state index in [1.165, 1.54) is 6.92 Å². The van der Waals surface area contributed by atoms with Gasteiger partial charge < -0.3 is 0 Å². The van der Waals surface area contributed by atoms with Crippen LogP contribution in [0.5, 0.6) is 0 Å². The van der Waals surface area contributed by atoms with Crippen LogP contribution in [0.15, 0.2) is 12.1 Å². The van der Waals surface area contributed by atoms with Crippen LogP contribution in [0.2, 0.25) is 5.02 Å². The quantitative estimate of drug-likeness (QED) is 0.550. The maximum atomic E-state index is 12.5. The Bertz CT molecular complexity index is 235. The highest BCUT2D eigenvalue weighted by atomic mass is 35.5. The van der Waals surface area contributed by atoms with E-state index in [4.69, 9.17) is 11.6 Å². The van der Waals surface area contributed by atoms with E-state index in [9.17, 15) is 8.78 Å². The topological polar surface area (TPSA) is 0 Å². The Morgan fingerprint density at radius 1 is 1.20 bits per heavy atom. The molecule has 0 bridgehead atoms. The van der Waals surface area contributed by atoms with Gasteiger partial charge in [-0.25, -0.2) is 8.78 Å². The zero-order chi connectivity index (χ0) is 7.72. The lowest BCUT2D eigenvalue weighted by Crippen LogP contribution is -1.86. The molecule has 0 aliphatic heterocycles. The Morgan fingerprint density at radius 3 is 2.00 bits per heavy atom. The van der Waals surface area contributed by atoms with Gasteiger partial charge in [-0.2, -0.15) is 0 Å². The summed E-state index contributed by atoms with van der Waals surface area (Å²) in [5.41, 5.74) is 0.00407. The van der Waals surface area contributed by atoms with E-state index in [2.05, 4.69) is 0 Å². The van der Waals surface area contributed by atoms with E-state index in [0.717, 1.165) is 12.1 Å². The first-order valence-corrected chi connectivity index (χ1v) is 3.10. The largest absolute Gasteiger partial charge is 0.207 e. The summed E-state index contributed by atoms with van der Waals surface area (Å²) in [7, 11) is 0. The monoisotopic (exact) mass is 162 g/mol. The zero-order valence-corrected chi connectivity index (χ0v) is 6.04. The average molecular weight is 163 g/mol. The molecule has 0 nitrogen and oxygen atoms in total. The second-order valence-corrected chi connectivity index (χ2v) is 2.43. The summed E-state index contributed by atoms with van der Waals surface area (Å²) in [5.74, 6) is -1.21. The maximum absolute atomic E-state index is 12.5. The molecule has 0 spiro atoms. The lowest BCUT2D eigenvalue weighted by molar-refractivity contribution is 0.568. The van der Waals surface area contributed by atoms with Gasteiger partial charge in [0.1, 0.15) is 11.6 Å². The molecule has 0 aliphatic carbocycles. The van der Waals surface area contributed by atoms with Crippen molar-refractivity contribution < 1.29 is 8.78 Å². The van der Waals surface area contributed by atoms with Crippen molar-refractivity contribution in [1.29, 1.82) is 0 Å². The standard InChI is InChI=1S/C7H5ClF2/c1-4-6(9)2-5(8)3-7(4)10/h2-3H,1H3. The molecule has 1 aromatic carbocycles. The molecule has 1 rings (SSSR count). The maximum Gasteiger partial charge on any atom is 0.130 e. The van der Waals surface area contributed by atoms with Crippen molar-refractivity contribution in [3.63, 3.8) is 0 Å². The van der Waals surface area contributed by atoms with Crippen LogP contribution in [0.3, 0.4) is 0 Å². The van der Waals surface area contributed by atoms with Crippen molar-refractivity contribution in [1.82, 2.24) is 0 Å². The van der Waals surface area contributed by atoms with Gasteiger partial charge in [0, 0.05) is 10.6 Å². The zero-order valence-electron chi connectivity index (χ0n) is 5.29. The summed E-state index contributed by atoms with van der Waals surface area (Å²) in [4.78, 5) is 0. The fourth-order valence-corrected chi connectivity index (χ4v) is 0.806. The van der Waals surface area contributed by atoms with Crippen molar-refractivity contribution in [3.05, 3.63) is 34.4 Å². The predicted octanol–water partition coefficient (Wildman–Crippen LogP) is 2.93. The summed E-state index contributed by atoms with van der Waals surface area (Å²) >= 11 is 5.34. The number of rotatable bonds is 0. The summed E-state index contributed by atoms with van der Waals surface area (Å²) in [6.45, 7) is 1.36. The van der Waals surface area contributed by atoms with Gasteiger partial charge in [0.25, 0.3) is 0 Å². The van der Waals surface area contributed by atoms with Crippen molar-refractivity contribution in [2.45, 2.75) is 6.92 Å². The molecule has 0 heterocycles. The number of hydrogen-bond donors (Lipinski definition) is 0. The van der Waals surface area contributed by atoms with Gasteiger partial charge in [-0.1, -0.05) is 11.6 Å². The van der Waals surface area contributed by atoms with Crippen LogP contribution in [0.4, 0.5) is 8.78 Å². The second-order valence-electron chi connectivity index (χ2n) is 1.99. The molecule has 0 saturated carbocycles. The molecule has 0 aliphatic rings. The number of halogens is 3. The molecule has 0 aromatic heterocycles. The summed E-state index contributed by atoms with van der Waals surface area (Å²) < 4.78 is 25.0. The van der Waals surface area contributed by atoms with E-state index >= 15 is 0 Å². The third-order valence-electron chi connectivity index (χ3n) is 1.25. The first-order chi connectivity index (χ1) is 4.61. The van der Waals surface area contributed by atoms with Crippen LogP contribution in [0.25, 0.3) is 0 Å². The van der Waals surface area contributed by atoms with E-state index in [0.29, 0.717) is 0 Å². The Hall–Kier alpha value is -0.630. The highest BCUT2D eigenvalue weighted by Gasteiger charge is 2.04. The SMILES string of the molecule is Cc1c(F)cc(Cl)cc1F. The van der Waals surface area contributed by atoms with E-state index < -0.39 is 11.6 Å². The van der Waals surface area contributed by atoms with Crippen molar-refractivity contribution >= 4 is 11.6 Å². The molecule has 10 heavy (non-hydrogen) atoms. The Kier molecular flexibility index (Phi) is 1.90. The first-order valence-electron chi connectivity index (χ1n) is 2.72. The normalized spacial score (nSPS) is 10.0. The van der Waals surface area contributed by atoms with Gasteiger partial charge in [0.05, 0.1) is 0 Å². The Balaban J connectivity index is 3.31. The smallest absolute Gasteiger partial charge is 0.130 e. The Morgan fingerprint density at radius 2 is 1.60 bits per heavy atom. The van der Waals surface area contributed by atoms with Crippen molar-refractivity contribution in [3.8, 4) is 0 Å². The van der Waals surface area contributed by atoms with Gasteiger partial charge in [0.2, 0.25) is 0 Å². The van der Waals surface area contributed by atoms with Gasteiger partial charge in [-0.3, -0.25) is 0 Å². The van der Waals surface area contributed by atoms with Crippen LogP contribution in [0.1, 0.15) is 5.56 Å². The van der Waals surface area contributed by atoms with Gasteiger partial charge in [-0.05, 0) is 19.1 Å². The average Bonchev–Trinajstić information content (AvgIpc) is 1.82. The Labute approximate surface area is 62.4 Å². The minimum Gasteiger partial charge on any atom is -0.207 e. The molecule has 0 radical (unpaired) electrons. The highest BCUT2D eigenvalue weighted by molar-refractivity contribution is 6.30. The molecular weight excluding hydrogens is 158 g/mol. The van der Waals surface area contributed by atoms with Gasteiger partial charge in [-0.15, -0.1) is 0 Å². The molecule has 3 heteroatoms. The van der Waals surface area contributed by atoms with Gasteiger partial charge >= 0.3 is 0 Å². The van der Waals surface area contributed by atoms with Crippen LogP contribution in [-0.4, -0.2) is 0 Å². The number of benzene rings is 1. The molecule has 1 aromatic rings. The molecule has 0 fully saturated rings. The van der Waals surface area contributed by atoms with Crippen molar-refractivity contribution in [2.75, 3.05) is 0 Å². The molecule has 0 unspecified atom stereocenters. The summed E-state index contributed by atoms with van der Waals surface area (Å²) in [6, 6.07) is 2.17. The minimum atomic E-state index is -0.606. The number of hydrogen-bond acceptors (Lipinski definition) is 0. The minimum absolute atomic E-state index is 0.00407. The molecule has 0 atom stereocenters. The molecular formula is C7H5ClF2. The van der Waals surface area contributed by atoms with E-state index in [-0.39, 0.29) is 10.6 Å². The second kappa shape index (κ2) is 2.54. The lowest BCUT2D eigenvalue weighted by atomic mass is 10.2. The fourth-order valence-electron chi connectivity index (χ4n) is 0.614. The molecule has 0 saturated heterocycles. The third kappa shape index (κ3) is 1.27. The third-order valence-corrected chi connectivity index (χ3v) is 1.46. The summed E-state index contributed by atoms with van der Waals surface area (Å²) in [5, 5.41) is 0.0839. The van der Waals surface area contributed by atoms with Crippen LogP contribution in [0, 0.1) is 18.6 Å². The van der Waals surface area contributed by atoms with Crippen LogP contribution < -0.4 is 0 Å². The first kappa shape index (κ1) is 7.48. The lowest BCUT2D eigenvalue weighted by Gasteiger charge is -1.97.